The Labute approximate surface area is 149 Å². The summed E-state index contributed by atoms with van der Waals surface area (Å²) in [6.07, 6.45) is -3.33. The minimum atomic E-state index is -1.02. The van der Waals surface area contributed by atoms with Crippen LogP contribution in [0.5, 0.6) is 0 Å². The van der Waals surface area contributed by atoms with Crippen LogP contribution in [0.2, 0.25) is 0 Å². The third-order valence-corrected chi connectivity index (χ3v) is 1.86. The van der Waals surface area contributed by atoms with E-state index in [9.17, 15) is 9.59 Å². The molecule has 25 heavy (non-hydrogen) atoms. The predicted molar refractivity (Wildman–Crippen MR) is 92.4 cm³/mol. The molecule has 0 aromatic heterocycles. The van der Waals surface area contributed by atoms with Crippen molar-refractivity contribution in [3.05, 3.63) is 0 Å². The summed E-state index contributed by atoms with van der Waals surface area (Å²) < 4.78 is 13.5. The summed E-state index contributed by atoms with van der Waals surface area (Å²) in [7, 11) is 0. The lowest BCUT2D eigenvalue weighted by atomic mass is 10.2. The van der Waals surface area contributed by atoms with Crippen LogP contribution in [0.1, 0.15) is 41.5 Å². The first-order valence-electron chi connectivity index (χ1n) is 7.93. The zero-order chi connectivity index (χ0) is 19.8. The van der Waals surface area contributed by atoms with Crippen LogP contribution in [0.4, 0.5) is 9.59 Å². The van der Waals surface area contributed by atoms with Crippen molar-refractivity contribution in [1.29, 1.82) is 0 Å². The first kappa shape index (κ1) is 25.0. The maximum atomic E-state index is 10.9. The number of hydrogen-bond donors (Lipinski definition) is 2. The van der Waals surface area contributed by atoms with Gasteiger partial charge in [-0.2, -0.15) is 0 Å². The van der Waals surface area contributed by atoms with Gasteiger partial charge in [0.1, 0.15) is 12.2 Å². The predicted octanol–water partition coefficient (Wildman–Crippen LogP) is 2.34. The summed E-state index contributed by atoms with van der Waals surface area (Å²) in [6.45, 7) is 11.1. The zero-order valence-corrected chi connectivity index (χ0v) is 15.7. The number of rotatable bonds is 4. The lowest BCUT2D eigenvalue weighted by Gasteiger charge is -2.08. The van der Waals surface area contributed by atoms with Gasteiger partial charge in [-0.1, -0.05) is 39.5 Å². The third-order valence-electron chi connectivity index (χ3n) is 1.86. The highest BCUT2D eigenvalue weighted by molar-refractivity contribution is 5.76. The highest BCUT2D eigenvalue weighted by Crippen LogP contribution is 1.98. The first-order chi connectivity index (χ1) is 11.5. The first-order valence-corrected chi connectivity index (χ1v) is 7.93. The van der Waals surface area contributed by atoms with E-state index in [0.717, 1.165) is 0 Å². The molecule has 0 amide bonds. The van der Waals surface area contributed by atoms with Crippen molar-refractivity contribution < 1.29 is 34.0 Å². The van der Waals surface area contributed by atoms with Crippen LogP contribution < -0.4 is 0 Å². The summed E-state index contributed by atoms with van der Waals surface area (Å²) in [5.74, 6) is 10.0. The molecular weight excluding hydrogens is 328 g/mol. The fraction of sp³-hybridized carbons (Fsp3) is 0.667. The van der Waals surface area contributed by atoms with E-state index >= 15 is 0 Å². The van der Waals surface area contributed by atoms with Crippen molar-refractivity contribution in [2.24, 2.45) is 11.8 Å². The molecule has 0 saturated carbocycles. The van der Waals surface area contributed by atoms with Gasteiger partial charge < -0.3 is 24.4 Å². The molecule has 0 bridgehead atoms. The van der Waals surface area contributed by atoms with Gasteiger partial charge in [0.2, 0.25) is 0 Å². The second-order valence-corrected chi connectivity index (χ2v) is 5.90. The van der Waals surface area contributed by atoms with Gasteiger partial charge in [0, 0.05) is 0 Å². The van der Waals surface area contributed by atoms with Gasteiger partial charge in [-0.25, -0.2) is 9.59 Å². The van der Waals surface area contributed by atoms with Gasteiger partial charge in [-0.3, -0.25) is 0 Å². The molecule has 0 spiro atoms. The maximum absolute atomic E-state index is 10.9. The number of hydrogen-bond acceptors (Lipinski definition) is 7. The zero-order valence-electron chi connectivity index (χ0n) is 15.7. The van der Waals surface area contributed by atoms with E-state index in [1.807, 2.05) is 27.7 Å². The molecule has 2 N–H and O–H groups in total. The van der Waals surface area contributed by atoms with Crippen LogP contribution in [0.25, 0.3) is 0 Å². The molecule has 0 radical (unpaired) electrons. The van der Waals surface area contributed by atoms with Crippen molar-refractivity contribution >= 4 is 12.3 Å². The molecule has 7 nitrogen and oxygen atoms in total. The quantitative estimate of drug-likeness (QED) is 0.453. The van der Waals surface area contributed by atoms with Crippen molar-refractivity contribution in [2.75, 3.05) is 13.2 Å². The molecule has 2 atom stereocenters. The van der Waals surface area contributed by atoms with E-state index in [1.165, 1.54) is 0 Å². The molecule has 2 unspecified atom stereocenters. The lowest BCUT2D eigenvalue weighted by Crippen LogP contribution is -2.18. The minimum absolute atomic E-state index is 0.198. The Morgan fingerprint density at radius 3 is 1.32 bits per heavy atom. The molecule has 0 aromatic carbocycles. The van der Waals surface area contributed by atoms with Gasteiger partial charge in [0.05, 0.1) is 13.2 Å². The Morgan fingerprint density at radius 2 is 1.08 bits per heavy atom. The van der Waals surface area contributed by atoms with Gasteiger partial charge in [-0.05, 0) is 37.5 Å². The summed E-state index contributed by atoms with van der Waals surface area (Å²) in [4.78, 5) is 21.7. The molecule has 0 aliphatic heterocycles. The molecule has 7 heteroatoms. The van der Waals surface area contributed by atoms with Crippen LogP contribution in [0, 0.1) is 35.5 Å². The van der Waals surface area contributed by atoms with E-state index in [0.29, 0.717) is 0 Å². The Morgan fingerprint density at radius 1 is 0.760 bits per heavy atom. The van der Waals surface area contributed by atoms with Gasteiger partial charge in [0.15, 0.2) is 0 Å². The Balaban J connectivity index is 0. The Bertz CT molecular complexity index is 453. The average Bonchev–Trinajstić information content (AvgIpc) is 2.48. The highest BCUT2D eigenvalue weighted by Gasteiger charge is 2.13. The fourth-order valence-electron chi connectivity index (χ4n) is 0.877. The molecule has 0 heterocycles. The van der Waals surface area contributed by atoms with E-state index in [2.05, 4.69) is 37.9 Å². The molecular formula is C18H28O7. The van der Waals surface area contributed by atoms with Gasteiger partial charge in [0.25, 0.3) is 0 Å². The molecule has 0 aromatic rings. The van der Waals surface area contributed by atoms with E-state index in [-0.39, 0.29) is 25.0 Å². The molecule has 0 saturated heterocycles. The molecule has 0 aliphatic rings. The Hall–Kier alpha value is -2.22. The second kappa shape index (κ2) is 15.3. The standard InChI is InChI=1S/C10H18O5.C8H10O2/c1-7(2)5-13-9(11)15-10(12)14-6-8(3)4;1-7(9)5-3-4-6-8(2)10/h7-8H,5-6H2,1-4H3;7-10H,1-2H3. The summed E-state index contributed by atoms with van der Waals surface area (Å²) in [6, 6.07) is 0. The van der Waals surface area contributed by atoms with Crippen molar-refractivity contribution in [2.45, 2.75) is 53.8 Å². The second-order valence-electron chi connectivity index (χ2n) is 5.90. The average molecular weight is 356 g/mol. The molecule has 142 valence electrons. The summed E-state index contributed by atoms with van der Waals surface area (Å²) in [5, 5.41) is 17.2. The van der Waals surface area contributed by atoms with E-state index in [1.54, 1.807) is 13.8 Å². The normalized spacial score (nSPS) is 11.6. The minimum Gasteiger partial charge on any atom is -0.434 e. The van der Waals surface area contributed by atoms with Gasteiger partial charge in [-0.15, -0.1) is 0 Å². The fourth-order valence-corrected chi connectivity index (χ4v) is 0.877. The molecule has 0 fully saturated rings. The number of carbonyl (C=O) groups excluding carboxylic acids is 2. The SMILES string of the molecule is CC(C)COC(=O)OC(=O)OCC(C)C.CC(O)C#CC#CC(C)O. The van der Waals surface area contributed by atoms with Crippen LogP contribution in [0.15, 0.2) is 0 Å². The van der Waals surface area contributed by atoms with Crippen molar-refractivity contribution in [3.63, 3.8) is 0 Å². The Kier molecular flexibility index (Phi) is 15.3. The number of carbonyl (C=O) groups is 2. The maximum Gasteiger partial charge on any atom is 0.518 e. The monoisotopic (exact) mass is 356 g/mol. The third kappa shape index (κ3) is 24.2. The molecule has 0 aliphatic carbocycles. The van der Waals surface area contributed by atoms with Gasteiger partial charge >= 0.3 is 12.3 Å². The van der Waals surface area contributed by atoms with E-state index in [4.69, 9.17) is 10.2 Å². The summed E-state index contributed by atoms with van der Waals surface area (Å²) in [5.41, 5.74) is 0. The lowest BCUT2D eigenvalue weighted by molar-refractivity contribution is 0.0280. The number of aliphatic hydroxyl groups is 2. The highest BCUT2D eigenvalue weighted by atomic mass is 16.8. The largest absolute Gasteiger partial charge is 0.518 e. The number of aliphatic hydroxyl groups excluding tert-OH is 2. The topological polar surface area (TPSA) is 102 Å². The van der Waals surface area contributed by atoms with Crippen molar-refractivity contribution in [3.8, 4) is 23.7 Å². The van der Waals surface area contributed by atoms with Crippen LogP contribution in [-0.4, -0.2) is 47.9 Å². The van der Waals surface area contributed by atoms with Crippen LogP contribution in [0.3, 0.4) is 0 Å². The molecule has 0 rings (SSSR count). The van der Waals surface area contributed by atoms with Crippen molar-refractivity contribution in [1.82, 2.24) is 0 Å². The smallest absolute Gasteiger partial charge is 0.434 e. The van der Waals surface area contributed by atoms with Crippen LogP contribution >= 0.6 is 0 Å². The summed E-state index contributed by atoms with van der Waals surface area (Å²) >= 11 is 0. The van der Waals surface area contributed by atoms with Crippen LogP contribution in [-0.2, 0) is 14.2 Å². The number of ether oxygens (including phenoxy) is 3. The van der Waals surface area contributed by atoms with E-state index < -0.39 is 24.5 Å².